The highest BCUT2D eigenvalue weighted by molar-refractivity contribution is 7.84. The Balaban J connectivity index is 2.13. The van der Waals surface area contributed by atoms with Gasteiger partial charge in [0.1, 0.15) is 10.7 Å². The Morgan fingerprint density at radius 3 is 2.17 bits per heavy atom. The minimum atomic E-state index is -1.07. The van der Waals surface area contributed by atoms with E-state index < -0.39 is 16.8 Å². The van der Waals surface area contributed by atoms with E-state index in [1.165, 1.54) is 12.1 Å². The summed E-state index contributed by atoms with van der Waals surface area (Å²) in [7, 11) is -1.07. The maximum Gasteiger partial charge on any atom is 0.345 e. The Kier molecular flexibility index (Phi) is 4.59. The van der Waals surface area contributed by atoms with Crippen molar-refractivity contribution in [2.75, 3.05) is 6.26 Å². The summed E-state index contributed by atoms with van der Waals surface area (Å²) in [5.74, 6) is -1.34. The van der Waals surface area contributed by atoms with Crippen molar-refractivity contribution in [3.05, 3.63) is 65.3 Å². The fraction of sp³-hybridized carbons (Fsp3) is 0.0556. The van der Waals surface area contributed by atoms with Crippen LogP contribution in [0.15, 0.2) is 59.5 Å². The summed E-state index contributed by atoms with van der Waals surface area (Å²) in [6.07, 6.45) is 1.60. The largest absolute Gasteiger partial charge is 0.477 e. The summed E-state index contributed by atoms with van der Waals surface area (Å²) in [6, 6.07) is 14.7. The molecule has 1 unspecified atom stereocenters. The van der Waals surface area contributed by atoms with Crippen LogP contribution in [0.5, 0.6) is 0 Å². The van der Waals surface area contributed by atoms with Crippen molar-refractivity contribution in [3.8, 4) is 21.6 Å². The van der Waals surface area contributed by atoms with E-state index >= 15 is 0 Å². The third-order valence-electron chi connectivity index (χ3n) is 3.55. The first-order valence-electron chi connectivity index (χ1n) is 7.02. The molecule has 0 saturated heterocycles. The molecule has 0 bridgehead atoms. The van der Waals surface area contributed by atoms with Gasteiger partial charge in [-0.25, -0.2) is 9.18 Å². The maximum atomic E-state index is 13.2. The molecule has 0 radical (unpaired) electrons. The minimum absolute atomic E-state index is 0.215. The summed E-state index contributed by atoms with van der Waals surface area (Å²) >= 11 is 1.15. The Bertz CT molecular complexity index is 912. The molecule has 0 fully saturated rings. The number of carbonyl (C=O) groups is 1. The van der Waals surface area contributed by atoms with Crippen molar-refractivity contribution >= 4 is 28.1 Å². The van der Waals surface area contributed by atoms with E-state index in [1.807, 2.05) is 12.1 Å². The molecule has 0 aliphatic carbocycles. The Hall–Kier alpha value is -2.31. The smallest absolute Gasteiger partial charge is 0.345 e. The van der Waals surface area contributed by atoms with Crippen LogP contribution < -0.4 is 0 Å². The van der Waals surface area contributed by atoms with Crippen LogP contribution in [0.1, 0.15) is 9.67 Å². The number of benzene rings is 2. The molecule has 1 atom stereocenters. The number of carboxylic acid groups (broad SMARTS) is 1. The van der Waals surface area contributed by atoms with Crippen LogP contribution in [0, 0.1) is 5.82 Å². The van der Waals surface area contributed by atoms with E-state index in [9.17, 15) is 18.5 Å². The van der Waals surface area contributed by atoms with Crippen LogP contribution in [0.3, 0.4) is 0 Å². The average Bonchev–Trinajstić information content (AvgIpc) is 3.01. The van der Waals surface area contributed by atoms with Gasteiger partial charge in [0.2, 0.25) is 0 Å². The van der Waals surface area contributed by atoms with Crippen LogP contribution in [0.2, 0.25) is 0 Å². The summed E-state index contributed by atoms with van der Waals surface area (Å²) in [5, 5.41) is 9.29. The number of thiophene rings is 1. The lowest BCUT2D eigenvalue weighted by molar-refractivity contribution is 0.0702. The first-order chi connectivity index (χ1) is 11.5. The second-order valence-electron chi connectivity index (χ2n) is 5.14. The monoisotopic (exact) mass is 360 g/mol. The quantitative estimate of drug-likeness (QED) is 0.736. The lowest BCUT2D eigenvalue weighted by atomic mass is 10.0. The van der Waals surface area contributed by atoms with E-state index in [0.717, 1.165) is 32.9 Å². The zero-order valence-electron chi connectivity index (χ0n) is 12.7. The number of hydrogen-bond donors (Lipinski definition) is 1. The van der Waals surface area contributed by atoms with Gasteiger partial charge < -0.3 is 5.11 Å². The molecule has 2 aromatic carbocycles. The predicted octanol–water partition coefficient (Wildman–Crippen LogP) is 4.66. The summed E-state index contributed by atoms with van der Waals surface area (Å²) in [5.41, 5.74) is 2.34. The molecule has 1 heterocycles. The highest BCUT2D eigenvalue weighted by Crippen LogP contribution is 2.39. The van der Waals surface area contributed by atoms with E-state index in [4.69, 9.17) is 0 Å². The molecule has 3 nitrogen and oxygen atoms in total. The van der Waals surface area contributed by atoms with Gasteiger partial charge in [0.15, 0.2) is 0 Å². The molecule has 1 aromatic heterocycles. The van der Waals surface area contributed by atoms with Crippen LogP contribution in [0.4, 0.5) is 4.39 Å². The third kappa shape index (κ3) is 3.29. The van der Waals surface area contributed by atoms with Crippen molar-refractivity contribution in [3.63, 3.8) is 0 Å². The number of halogens is 1. The van der Waals surface area contributed by atoms with E-state index in [1.54, 1.807) is 36.6 Å². The van der Waals surface area contributed by atoms with Gasteiger partial charge in [0.25, 0.3) is 0 Å². The molecule has 0 aliphatic rings. The molecular formula is C18H13FO3S2. The number of hydrogen-bond acceptors (Lipinski definition) is 3. The van der Waals surface area contributed by atoms with Crippen LogP contribution in [-0.4, -0.2) is 21.5 Å². The van der Waals surface area contributed by atoms with E-state index in [-0.39, 0.29) is 10.7 Å². The Morgan fingerprint density at radius 2 is 1.62 bits per heavy atom. The van der Waals surface area contributed by atoms with Gasteiger partial charge in [-0.3, -0.25) is 4.21 Å². The van der Waals surface area contributed by atoms with Gasteiger partial charge >= 0.3 is 5.97 Å². The van der Waals surface area contributed by atoms with Crippen molar-refractivity contribution < 1.29 is 18.5 Å². The minimum Gasteiger partial charge on any atom is -0.477 e. The lowest BCUT2D eigenvalue weighted by Gasteiger charge is -2.05. The second-order valence-corrected chi connectivity index (χ2v) is 7.58. The fourth-order valence-electron chi connectivity index (χ4n) is 2.35. The molecule has 3 aromatic rings. The molecule has 0 aliphatic heterocycles. The molecule has 0 amide bonds. The first kappa shape index (κ1) is 16.5. The highest BCUT2D eigenvalue weighted by Gasteiger charge is 2.17. The van der Waals surface area contributed by atoms with Gasteiger partial charge in [-0.05, 0) is 41.5 Å². The number of rotatable bonds is 4. The van der Waals surface area contributed by atoms with Crippen LogP contribution >= 0.6 is 11.3 Å². The van der Waals surface area contributed by atoms with Crippen molar-refractivity contribution in [2.45, 2.75) is 4.90 Å². The molecule has 122 valence electrons. The van der Waals surface area contributed by atoms with Crippen molar-refractivity contribution in [1.29, 1.82) is 0 Å². The topological polar surface area (TPSA) is 54.4 Å². The van der Waals surface area contributed by atoms with Gasteiger partial charge in [-0.1, -0.05) is 24.3 Å². The lowest BCUT2D eigenvalue weighted by Crippen LogP contribution is -1.90. The standard InChI is InChI=1S/C18H13FO3S2/c1-24(22)14-8-4-11(5-9-14)15-10-16(18(20)21)23-17(15)12-2-6-13(19)7-3-12/h2-10H,1H3,(H,20,21). The predicted molar refractivity (Wildman–Crippen MR) is 94.4 cm³/mol. The van der Waals surface area contributed by atoms with Crippen molar-refractivity contribution in [2.24, 2.45) is 0 Å². The molecule has 0 spiro atoms. The molecule has 0 saturated carbocycles. The first-order valence-corrected chi connectivity index (χ1v) is 9.40. The molecule has 6 heteroatoms. The molecule has 24 heavy (non-hydrogen) atoms. The van der Waals surface area contributed by atoms with Gasteiger partial charge in [-0.2, -0.15) is 0 Å². The molecular weight excluding hydrogens is 347 g/mol. The fourth-order valence-corrected chi connectivity index (χ4v) is 3.90. The normalized spacial score (nSPS) is 12.1. The SMILES string of the molecule is CS(=O)c1ccc(-c2cc(C(=O)O)sc2-c2ccc(F)cc2)cc1. The summed E-state index contributed by atoms with van der Waals surface area (Å²) < 4.78 is 24.7. The third-order valence-corrected chi connectivity index (χ3v) is 5.65. The average molecular weight is 360 g/mol. The zero-order valence-corrected chi connectivity index (χ0v) is 14.3. The van der Waals surface area contributed by atoms with E-state index in [2.05, 4.69) is 0 Å². The maximum absolute atomic E-state index is 13.2. The molecule has 3 rings (SSSR count). The summed E-state index contributed by atoms with van der Waals surface area (Å²) in [6.45, 7) is 0. The van der Waals surface area contributed by atoms with Crippen LogP contribution in [0.25, 0.3) is 21.6 Å². The van der Waals surface area contributed by atoms with Crippen LogP contribution in [-0.2, 0) is 10.8 Å². The Labute approximate surface area is 144 Å². The number of carboxylic acids is 1. The van der Waals surface area contributed by atoms with Crippen molar-refractivity contribution in [1.82, 2.24) is 0 Å². The van der Waals surface area contributed by atoms with Gasteiger partial charge in [0.05, 0.1) is 0 Å². The van der Waals surface area contributed by atoms with Gasteiger partial charge in [-0.15, -0.1) is 11.3 Å². The zero-order chi connectivity index (χ0) is 17.3. The number of aromatic carboxylic acids is 1. The summed E-state index contributed by atoms with van der Waals surface area (Å²) in [4.78, 5) is 13.0. The van der Waals surface area contributed by atoms with Gasteiger partial charge in [0, 0.05) is 32.4 Å². The molecule has 1 N–H and O–H groups in total. The second kappa shape index (κ2) is 6.67. The highest BCUT2D eigenvalue weighted by atomic mass is 32.2. The van der Waals surface area contributed by atoms with E-state index in [0.29, 0.717) is 4.90 Å². The Morgan fingerprint density at radius 1 is 1.04 bits per heavy atom.